The van der Waals surface area contributed by atoms with Crippen molar-refractivity contribution in [3.63, 3.8) is 0 Å². The average Bonchev–Trinajstić information content (AvgIpc) is 2.35. The molecule has 100 valence electrons. The Morgan fingerprint density at radius 2 is 2.06 bits per heavy atom. The molecule has 0 spiro atoms. The molecule has 0 bridgehead atoms. The maximum atomic E-state index is 11.0. The number of nitrogens with zero attached hydrogens (tertiary/aromatic N) is 1. The summed E-state index contributed by atoms with van der Waals surface area (Å²) in [5, 5.41) is 9.64. The van der Waals surface area contributed by atoms with Gasteiger partial charge in [-0.15, -0.1) is 0 Å². The highest BCUT2D eigenvalue weighted by molar-refractivity contribution is 6.30. The van der Waals surface area contributed by atoms with E-state index in [0.717, 1.165) is 5.56 Å². The van der Waals surface area contributed by atoms with Crippen LogP contribution in [0.2, 0.25) is 5.02 Å². The van der Waals surface area contributed by atoms with Crippen LogP contribution < -0.4 is 4.74 Å². The maximum Gasteiger partial charge on any atom is 0.320 e. The number of halogens is 1. The molecule has 1 aromatic carbocycles. The smallest absolute Gasteiger partial charge is 0.320 e. The minimum Gasteiger partial charge on any atom is -0.496 e. The van der Waals surface area contributed by atoms with Gasteiger partial charge in [0.2, 0.25) is 0 Å². The summed E-state index contributed by atoms with van der Waals surface area (Å²) in [6, 6.07) is 4.65. The second kappa shape index (κ2) is 6.07. The quantitative estimate of drug-likeness (QED) is 0.895. The number of ether oxygens (including phenoxy) is 1. The Labute approximate surface area is 112 Å². The SMILES string of the molecule is COc1ccc(Cl)cc1C(C)N(C)C(C)C(=O)O. The van der Waals surface area contributed by atoms with E-state index in [0.29, 0.717) is 10.8 Å². The number of carbonyl (C=O) groups is 1. The van der Waals surface area contributed by atoms with Gasteiger partial charge in [-0.2, -0.15) is 0 Å². The number of aliphatic carboxylic acids is 1. The monoisotopic (exact) mass is 271 g/mol. The van der Waals surface area contributed by atoms with Gasteiger partial charge in [-0.1, -0.05) is 11.6 Å². The van der Waals surface area contributed by atoms with Crippen LogP contribution in [0.1, 0.15) is 25.5 Å². The summed E-state index contributed by atoms with van der Waals surface area (Å²) in [7, 11) is 3.35. The van der Waals surface area contributed by atoms with E-state index >= 15 is 0 Å². The van der Waals surface area contributed by atoms with Crippen molar-refractivity contribution in [2.24, 2.45) is 0 Å². The highest BCUT2D eigenvalue weighted by Crippen LogP contribution is 2.31. The van der Waals surface area contributed by atoms with Gasteiger partial charge in [0.25, 0.3) is 0 Å². The molecule has 0 saturated carbocycles. The molecule has 0 aromatic heterocycles. The molecule has 5 heteroatoms. The van der Waals surface area contributed by atoms with Crippen LogP contribution in [0.4, 0.5) is 0 Å². The highest BCUT2D eigenvalue weighted by atomic mass is 35.5. The van der Waals surface area contributed by atoms with Crippen LogP contribution in [0.15, 0.2) is 18.2 Å². The van der Waals surface area contributed by atoms with Crippen molar-refractivity contribution in [3.05, 3.63) is 28.8 Å². The average molecular weight is 272 g/mol. The van der Waals surface area contributed by atoms with Gasteiger partial charge < -0.3 is 9.84 Å². The molecule has 4 nitrogen and oxygen atoms in total. The molecule has 0 amide bonds. The lowest BCUT2D eigenvalue weighted by atomic mass is 10.0. The normalized spacial score (nSPS) is 14.3. The summed E-state index contributed by atoms with van der Waals surface area (Å²) in [6.07, 6.45) is 0. The van der Waals surface area contributed by atoms with E-state index in [-0.39, 0.29) is 6.04 Å². The van der Waals surface area contributed by atoms with E-state index in [4.69, 9.17) is 21.4 Å². The van der Waals surface area contributed by atoms with Crippen molar-refractivity contribution in [2.45, 2.75) is 25.9 Å². The van der Waals surface area contributed by atoms with Gasteiger partial charge in [0.05, 0.1) is 7.11 Å². The zero-order chi connectivity index (χ0) is 13.9. The van der Waals surface area contributed by atoms with Crippen molar-refractivity contribution >= 4 is 17.6 Å². The largest absolute Gasteiger partial charge is 0.496 e. The summed E-state index contributed by atoms with van der Waals surface area (Å²) < 4.78 is 5.28. The van der Waals surface area contributed by atoms with Crippen LogP contribution in [0.25, 0.3) is 0 Å². The number of hydrogen-bond donors (Lipinski definition) is 1. The molecule has 0 saturated heterocycles. The molecular formula is C13H18ClNO3. The fraction of sp³-hybridized carbons (Fsp3) is 0.462. The van der Waals surface area contributed by atoms with Gasteiger partial charge in [0.1, 0.15) is 11.8 Å². The fourth-order valence-corrected chi connectivity index (χ4v) is 1.94. The highest BCUT2D eigenvalue weighted by Gasteiger charge is 2.24. The minimum absolute atomic E-state index is 0.107. The summed E-state index contributed by atoms with van der Waals surface area (Å²) in [5.41, 5.74) is 0.876. The first-order valence-electron chi connectivity index (χ1n) is 5.66. The molecule has 0 radical (unpaired) electrons. The summed E-state index contributed by atoms with van der Waals surface area (Å²) in [5.74, 6) is -0.151. The molecule has 0 aliphatic carbocycles. The van der Waals surface area contributed by atoms with Crippen molar-refractivity contribution < 1.29 is 14.6 Å². The maximum absolute atomic E-state index is 11.0. The lowest BCUT2D eigenvalue weighted by molar-refractivity contribution is -0.142. The number of carboxylic acid groups (broad SMARTS) is 1. The van der Waals surface area contributed by atoms with Gasteiger partial charge in [0.15, 0.2) is 0 Å². The zero-order valence-electron chi connectivity index (χ0n) is 11.0. The van der Waals surface area contributed by atoms with Crippen LogP contribution >= 0.6 is 11.6 Å². The lowest BCUT2D eigenvalue weighted by Gasteiger charge is -2.29. The Morgan fingerprint density at radius 1 is 1.44 bits per heavy atom. The topological polar surface area (TPSA) is 49.8 Å². The molecule has 0 aliphatic heterocycles. The minimum atomic E-state index is -0.856. The van der Waals surface area contributed by atoms with E-state index in [1.807, 2.05) is 6.92 Å². The fourth-order valence-electron chi connectivity index (χ4n) is 1.76. The van der Waals surface area contributed by atoms with Crippen LogP contribution in [-0.4, -0.2) is 36.2 Å². The van der Waals surface area contributed by atoms with Crippen LogP contribution in [0.5, 0.6) is 5.75 Å². The molecule has 18 heavy (non-hydrogen) atoms. The van der Waals surface area contributed by atoms with E-state index < -0.39 is 12.0 Å². The van der Waals surface area contributed by atoms with E-state index in [1.54, 1.807) is 44.2 Å². The third-order valence-electron chi connectivity index (χ3n) is 3.22. The molecule has 1 aromatic rings. The second-order valence-electron chi connectivity index (χ2n) is 4.24. The summed E-state index contributed by atoms with van der Waals surface area (Å²) in [6.45, 7) is 3.57. The number of rotatable bonds is 5. The predicted octanol–water partition coefficient (Wildman–Crippen LogP) is 2.81. The van der Waals surface area contributed by atoms with Gasteiger partial charge in [-0.25, -0.2) is 0 Å². The van der Waals surface area contributed by atoms with E-state index in [9.17, 15) is 4.79 Å². The standard InChI is InChI=1S/C13H18ClNO3/c1-8(15(3)9(2)13(16)17)11-7-10(14)5-6-12(11)18-4/h5-9H,1-4H3,(H,16,17). The van der Waals surface area contributed by atoms with Gasteiger partial charge in [0, 0.05) is 16.6 Å². The number of hydrogen-bond acceptors (Lipinski definition) is 3. The van der Waals surface area contributed by atoms with Gasteiger partial charge >= 0.3 is 5.97 Å². The number of carboxylic acids is 1. The summed E-state index contributed by atoms with van der Waals surface area (Å²) in [4.78, 5) is 12.8. The third-order valence-corrected chi connectivity index (χ3v) is 3.46. The summed E-state index contributed by atoms with van der Waals surface area (Å²) >= 11 is 5.97. The van der Waals surface area contributed by atoms with Crippen LogP contribution in [-0.2, 0) is 4.79 Å². The molecule has 0 heterocycles. The number of methoxy groups -OCH3 is 1. The zero-order valence-corrected chi connectivity index (χ0v) is 11.7. The third kappa shape index (κ3) is 3.15. The first-order valence-corrected chi connectivity index (χ1v) is 6.04. The number of likely N-dealkylation sites (N-methyl/N-ethyl adjacent to an activating group) is 1. The predicted molar refractivity (Wildman–Crippen MR) is 71.3 cm³/mol. The molecule has 0 aliphatic rings. The lowest BCUT2D eigenvalue weighted by Crippen LogP contribution is -2.37. The first kappa shape index (κ1) is 14.8. The Morgan fingerprint density at radius 3 is 2.56 bits per heavy atom. The van der Waals surface area contributed by atoms with Crippen molar-refractivity contribution in [2.75, 3.05) is 14.2 Å². The second-order valence-corrected chi connectivity index (χ2v) is 4.68. The van der Waals surface area contributed by atoms with Gasteiger partial charge in [-0.3, -0.25) is 9.69 Å². The van der Waals surface area contributed by atoms with E-state index in [1.165, 1.54) is 0 Å². The molecule has 1 rings (SSSR count). The Bertz CT molecular complexity index is 436. The Balaban J connectivity index is 3.05. The Hall–Kier alpha value is -1.26. The van der Waals surface area contributed by atoms with E-state index in [2.05, 4.69) is 0 Å². The molecule has 1 N–H and O–H groups in total. The van der Waals surface area contributed by atoms with Gasteiger partial charge in [-0.05, 0) is 39.1 Å². The molecule has 2 unspecified atom stereocenters. The molecular weight excluding hydrogens is 254 g/mol. The van der Waals surface area contributed by atoms with Crippen molar-refractivity contribution in [3.8, 4) is 5.75 Å². The molecule has 0 fully saturated rings. The van der Waals surface area contributed by atoms with Crippen LogP contribution in [0.3, 0.4) is 0 Å². The van der Waals surface area contributed by atoms with Crippen molar-refractivity contribution in [1.82, 2.24) is 4.90 Å². The molecule has 2 atom stereocenters. The first-order chi connectivity index (χ1) is 8.38. The van der Waals surface area contributed by atoms with Crippen molar-refractivity contribution in [1.29, 1.82) is 0 Å². The number of benzene rings is 1. The van der Waals surface area contributed by atoms with Crippen LogP contribution in [0, 0.1) is 0 Å². The Kier molecular flexibility index (Phi) is 4.99.